The highest BCUT2D eigenvalue weighted by Gasteiger charge is 2.47. The molecule has 4 atom stereocenters. The number of amides is 1. The summed E-state index contributed by atoms with van der Waals surface area (Å²) in [5.74, 6) is 3.25. The molecule has 0 aromatic heterocycles. The van der Waals surface area contributed by atoms with Crippen molar-refractivity contribution in [3.63, 3.8) is 0 Å². The molecule has 1 saturated heterocycles. The summed E-state index contributed by atoms with van der Waals surface area (Å²) in [6, 6.07) is 9.20. The summed E-state index contributed by atoms with van der Waals surface area (Å²) >= 11 is 0. The van der Waals surface area contributed by atoms with Gasteiger partial charge in [0.25, 0.3) is 0 Å². The van der Waals surface area contributed by atoms with E-state index in [1.807, 2.05) is 11.9 Å². The Balaban J connectivity index is 1.29. The Kier molecular flexibility index (Phi) is 4.34. The zero-order valence-corrected chi connectivity index (χ0v) is 17.0. The average Bonchev–Trinajstić information content (AvgIpc) is 3.37. The number of hydrogen-bond acceptors (Lipinski definition) is 2. The molecule has 1 aromatic carbocycles. The minimum absolute atomic E-state index is 0.181. The molecule has 1 aliphatic heterocycles. The maximum atomic E-state index is 12.0. The number of piperidine rings is 1. The van der Waals surface area contributed by atoms with Crippen molar-refractivity contribution >= 4 is 5.91 Å². The zero-order chi connectivity index (χ0) is 18.6. The molecule has 2 saturated carbocycles. The molecule has 3 heteroatoms. The molecule has 146 valence electrons. The van der Waals surface area contributed by atoms with E-state index >= 15 is 0 Å². The van der Waals surface area contributed by atoms with Crippen molar-refractivity contribution in [3.05, 3.63) is 35.4 Å². The Morgan fingerprint density at radius 2 is 1.96 bits per heavy atom. The lowest BCUT2D eigenvalue weighted by atomic mass is 9.73. The number of fused-ring (bicyclic) bond motifs is 4. The van der Waals surface area contributed by atoms with Gasteiger partial charge in [-0.2, -0.15) is 0 Å². The highest BCUT2D eigenvalue weighted by molar-refractivity contribution is 5.74. The van der Waals surface area contributed by atoms with E-state index in [1.165, 1.54) is 69.3 Å². The van der Waals surface area contributed by atoms with Gasteiger partial charge >= 0.3 is 0 Å². The van der Waals surface area contributed by atoms with Gasteiger partial charge < -0.3 is 9.80 Å². The van der Waals surface area contributed by atoms with Crippen LogP contribution in [0.4, 0.5) is 0 Å². The number of hydrogen-bond donors (Lipinski definition) is 0. The molecule has 1 aromatic rings. The summed E-state index contributed by atoms with van der Waals surface area (Å²) in [5.41, 5.74) is 3.22. The van der Waals surface area contributed by atoms with Crippen LogP contribution in [0.15, 0.2) is 24.3 Å². The van der Waals surface area contributed by atoms with Gasteiger partial charge in [-0.1, -0.05) is 30.7 Å². The van der Waals surface area contributed by atoms with Crippen LogP contribution in [0.25, 0.3) is 0 Å². The molecule has 1 amide bonds. The van der Waals surface area contributed by atoms with Crippen molar-refractivity contribution in [2.45, 2.75) is 63.3 Å². The molecule has 3 nitrogen and oxygen atoms in total. The maximum Gasteiger partial charge on any atom is 0.219 e. The van der Waals surface area contributed by atoms with Gasteiger partial charge in [0.1, 0.15) is 0 Å². The summed E-state index contributed by atoms with van der Waals surface area (Å²) < 4.78 is 0. The van der Waals surface area contributed by atoms with Crippen LogP contribution in [0.3, 0.4) is 0 Å². The molecular formula is C24H34N2O. The van der Waals surface area contributed by atoms with Crippen LogP contribution < -0.4 is 0 Å². The SMILES string of the molecule is CC(=O)N(C)[C@H]1CC2(CCN(C[C@H]3C[C@H]4CCC3C4)CC2)c2ccccc21. The largest absolute Gasteiger partial charge is 0.339 e. The summed E-state index contributed by atoms with van der Waals surface area (Å²) in [6.07, 6.45) is 9.66. The fourth-order valence-corrected chi connectivity index (χ4v) is 6.99. The lowest BCUT2D eigenvalue weighted by Gasteiger charge is -2.42. The molecule has 3 aliphatic carbocycles. The molecule has 4 aliphatic rings. The second-order valence-electron chi connectivity index (χ2n) is 9.95. The number of nitrogens with zero attached hydrogens (tertiary/aromatic N) is 2. The second kappa shape index (κ2) is 6.62. The van der Waals surface area contributed by atoms with E-state index in [9.17, 15) is 4.79 Å². The number of carbonyl (C=O) groups is 1. The van der Waals surface area contributed by atoms with Crippen LogP contribution >= 0.6 is 0 Å². The van der Waals surface area contributed by atoms with Crippen molar-refractivity contribution in [3.8, 4) is 0 Å². The first kappa shape index (κ1) is 17.7. The fourth-order valence-electron chi connectivity index (χ4n) is 6.99. The third-order valence-electron chi connectivity index (χ3n) is 8.63. The topological polar surface area (TPSA) is 23.6 Å². The Morgan fingerprint density at radius 3 is 2.63 bits per heavy atom. The minimum Gasteiger partial charge on any atom is -0.339 e. The normalized spacial score (nSPS) is 34.1. The second-order valence-corrected chi connectivity index (χ2v) is 9.95. The minimum atomic E-state index is 0.181. The lowest BCUT2D eigenvalue weighted by molar-refractivity contribution is -0.129. The number of likely N-dealkylation sites (tertiary alicyclic amines) is 1. The number of benzene rings is 1. The molecule has 1 heterocycles. The van der Waals surface area contributed by atoms with Crippen LogP contribution in [-0.4, -0.2) is 42.4 Å². The van der Waals surface area contributed by atoms with Gasteiger partial charge in [0.15, 0.2) is 0 Å². The van der Waals surface area contributed by atoms with Crippen LogP contribution in [-0.2, 0) is 10.2 Å². The van der Waals surface area contributed by atoms with E-state index in [0.717, 1.165) is 24.2 Å². The Labute approximate surface area is 164 Å². The van der Waals surface area contributed by atoms with Crippen molar-refractivity contribution in [1.82, 2.24) is 9.80 Å². The van der Waals surface area contributed by atoms with Crippen LogP contribution in [0.1, 0.15) is 69.0 Å². The monoisotopic (exact) mass is 366 g/mol. The van der Waals surface area contributed by atoms with E-state index in [-0.39, 0.29) is 17.4 Å². The Morgan fingerprint density at radius 1 is 1.19 bits per heavy atom. The molecule has 27 heavy (non-hydrogen) atoms. The molecular weight excluding hydrogens is 332 g/mol. The number of rotatable bonds is 3. The number of carbonyl (C=O) groups excluding carboxylic acids is 1. The zero-order valence-electron chi connectivity index (χ0n) is 17.0. The highest BCUT2D eigenvalue weighted by Crippen LogP contribution is 2.53. The van der Waals surface area contributed by atoms with Gasteiger partial charge in [-0.3, -0.25) is 4.79 Å². The first-order chi connectivity index (χ1) is 13.1. The predicted molar refractivity (Wildman–Crippen MR) is 109 cm³/mol. The molecule has 1 spiro atoms. The smallest absolute Gasteiger partial charge is 0.219 e. The van der Waals surface area contributed by atoms with Gasteiger partial charge in [-0.15, -0.1) is 0 Å². The summed E-state index contributed by atoms with van der Waals surface area (Å²) in [5, 5.41) is 0. The summed E-state index contributed by atoms with van der Waals surface area (Å²) in [4.78, 5) is 16.8. The van der Waals surface area contributed by atoms with E-state index < -0.39 is 0 Å². The summed E-state index contributed by atoms with van der Waals surface area (Å²) in [7, 11) is 1.98. The predicted octanol–water partition coefficient (Wildman–Crippen LogP) is 4.38. The van der Waals surface area contributed by atoms with E-state index in [0.29, 0.717) is 0 Å². The third kappa shape index (κ3) is 2.93. The van der Waals surface area contributed by atoms with E-state index in [1.54, 1.807) is 6.92 Å². The van der Waals surface area contributed by atoms with E-state index in [2.05, 4.69) is 29.2 Å². The fraction of sp³-hybridized carbons (Fsp3) is 0.708. The van der Waals surface area contributed by atoms with Gasteiger partial charge in [0.05, 0.1) is 6.04 Å². The molecule has 5 rings (SSSR count). The van der Waals surface area contributed by atoms with Gasteiger partial charge in [-0.25, -0.2) is 0 Å². The molecule has 3 fully saturated rings. The van der Waals surface area contributed by atoms with Gasteiger partial charge in [-0.05, 0) is 80.5 Å². The first-order valence-corrected chi connectivity index (χ1v) is 11.1. The van der Waals surface area contributed by atoms with Crippen molar-refractivity contribution < 1.29 is 4.79 Å². The highest BCUT2D eigenvalue weighted by atomic mass is 16.2. The summed E-state index contributed by atoms with van der Waals surface area (Å²) in [6.45, 7) is 5.51. The Bertz CT molecular complexity index is 721. The van der Waals surface area contributed by atoms with Crippen LogP contribution in [0.5, 0.6) is 0 Å². The van der Waals surface area contributed by atoms with Gasteiger partial charge in [0, 0.05) is 25.9 Å². The third-order valence-corrected chi connectivity index (χ3v) is 8.63. The van der Waals surface area contributed by atoms with Gasteiger partial charge in [0.2, 0.25) is 5.91 Å². The average molecular weight is 367 g/mol. The van der Waals surface area contributed by atoms with Crippen molar-refractivity contribution in [2.75, 3.05) is 26.7 Å². The Hall–Kier alpha value is -1.35. The van der Waals surface area contributed by atoms with E-state index in [4.69, 9.17) is 0 Å². The molecule has 0 radical (unpaired) electrons. The molecule has 2 bridgehead atoms. The quantitative estimate of drug-likeness (QED) is 0.792. The van der Waals surface area contributed by atoms with Crippen molar-refractivity contribution in [2.24, 2.45) is 17.8 Å². The van der Waals surface area contributed by atoms with Crippen LogP contribution in [0.2, 0.25) is 0 Å². The molecule has 0 N–H and O–H groups in total. The first-order valence-electron chi connectivity index (χ1n) is 11.1. The van der Waals surface area contributed by atoms with Crippen molar-refractivity contribution in [1.29, 1.82) is 0 Å². The molecule has 1 unspecified atom stereocenters. The lowest BCUT2D eigenvalue weighted by Crippen LogP contribution is -2.44. The van der Waals surface area contributed by atoms with Crippen LogP contribution in [0, 0.1) is 17.8 Å². The standard InChI is InChI=1S/C24H34N2O/c1-17(27)25(2)23-15-24(22-6-4-3-5-21(22)23)9-11-26(12-10-24)16-20-14-18-7-8-19(20)13-18/h3-6,18-20,23H,7-16H2,1-2H3/t18-,19?,20+,23-/m0/s1. The maximum absolute atomic E-state index is 12.0.